The maximum atomic E-state index is 12.0. The van der Waals surface area contributed by atoms with Crippen molar-refractivity contribution in [3.8, 4) is 11.5 Å². The number of amides is 1. The van der Waals surface area contributed by atoms with Gasteiger partial charge in [0.15, 0.2) is 6.61 Å². The number of carbonyl (C=O) groups excluding carboxylic acids is 1. The monoisotopic (exact) mass is 377 g/mol. The molecule has 0 unspecified atom stereocenters. The Kier molecular flexibility index (Phi) is 6.76. The maximum Gasteiger partial charge on any atom is 0.277 e. The van der Waals surface area contributed by atoms with Crippen LogP contribution in [0.1, 0.15) is 38.0 Å². The highest BCUT2D eigenvalue weighted by Gasteiger charge is 2.16. The minimum absolute atomic E-state index is 0.00859. The molecule has 8 heteroatoms. The molecule has 7 nitrogen and oxygen atoms in total. The van der Waals surface area contributed by atoms with Crippen molar-refractivity contribution in [2.45, 2.75) is 50.0 Å². The van der Waals surface area contributed by atoms with Crippen molar-refractivity contribution >= 4 is 17.7 Å². The molecule has 0 spiro atoms. The molecule has 0 saturated heterocycles. The first-order valence-electron chi connectivity index (χ1n) is 8.74. The van der Waals surface area contributed by atoms with Crippen molar-refractivity contribution in [1.82, 2.24) is 15.5 Å². The van der Waals surface area contributed by atoms with Gasteiger partial charge >= 0.3 is 0 Å². The highest BCUT2D eigenvalue weighted by atomic mass is 32.2. The minimum atomic E-state index is 0.00859. The second kappa shape index (κ2) is 9.47. The van der Waals surface area contributed by atoms with E-state index in [9.17, 15) is 4.79 Å². The molecule has 26 heavy (non-hydrogen) atoms. The number of aromatic nitrogens is 2. The minimum Gasteiger partial charge on any atom is -0.497 e. The van der Waals surface area contributed by atoms with Gasteiger partial charge in [-0.15, -0.1) is 10.2 Å². The molecule has 0 atom stereocenters. The summed E-state index contributed by atoms with van der Waals surface area (Å²) < 4.78 is 16.3. The lowest BCUT2D eigenvalue weighted by Crippen LogP contribution is -2.37. The van der Waals surface area contributed by atoms with Gasteiger partial charge in [-0.05, 0) is 25.0 Å². The van der Waals surface area contributed by atoms with Crippen LogP contribution in [0.3, 0.4) is 0 Å². The van der Waals surface area contributed by atoms with Crippen molar-refractivity contribution in [3.05, 3.63) is 30.2 Å². The second-order valence-electron chi connectivity index (χ2n) is 6.12. The van der Waals surface area contributed by atoms with Crippen LogP contribution >= 0.6 is 11.8 Å². The zero-order chi connectivity index (χ0) is 18.2. The van der Waals surface area contributed by atoms with Crippen LogP contribution in [-0.4, -0.2) is 35.0 Å². The lowest BCUT2D eigenvalue weighted by molar-refractivity contribution is -0.119. The number of carbonyl (C=O) groups is 1. The highest BCUT2D eigenvalue weighted by Crippen LogP contribution is 2.21. The van der Waals surface area contributed by atoms with Crippen LogP contribution in [0.15, 0.2) is 33.9 Å². The fourth-order valence-corrected chi connectivity index (χ4v) is 3.43. The molecule has 1 heterocycles. The fraction of sp³-hybridized carbons (Fsp3) is 0.500. The Morgan fingerprint density at radius 3 is 2.88 bits per heavy atom. The molecule has 1 N–H and O–H groups in total. The molecular weight excluding hydrogens is 354 g/mol. The van der Waals surface area contributed by atoms with Gasteiger partial charge in [0.25, 0.3) is 11.1 Å². The zero-order valence-electron chi connectivity index (χ0n) is 14.8. The van der Waals surface area contributed by atoms with E-state index in [2.05, 4.69) is 15.5 Å². The van der Waals surface area contributed by atoms with E-state index in [1.54, 1.807) is 13.2 Å². The average molecular weight is 377 g/mol. The Morgan fingerprint density at radius 1 is 1.27 bits per heavy atom. The van der Waals surface area contributed by atoms with Gasteiger partial charge in [-0.2, -0.15) is 0 Å². The largest absolute Gasteiger partial charge is 0.497 e. The summed E-state index contributed by atoms with van der Waals surface area (Å²) in [5, 5.41) is 11.3. The van der Waals surface area contributed by atoms with Crippen LogP contribution in [0.4, 0.5) is 0 Å². The normalized spacial score (nSPS) is 14.8. The van der Waals surface area contributed by atoms with Crippen molar-refractivity contribution < 1.29 is 18.7 Å². The second-order valence-corrected chi connectivity index (χ2v) is 7.05. The number of nitrogens with zero attached hydrogens (tertiary/aromatic N) is 2. The SMILES string of the molecule is COc1cccc(OCc2nnc(SCC(=O)NC3CCCCC3)o2)c1. The van der Waals surface area contributed by atoms with E-state index in [0.717, 1.165) is 12.8 Å². The summed E-state index contributed by atoms with van der Waals surface area (Å²) in [6, 6.07) is 7.60. The van der Waals surface area contributed by atoms with E-state index in [1.807, 2.05) is 18.2 Å². The van der Waals surface area contributed by atoms with E-state index < -0.39 is 0 Å². The predicted octanol–water partition coefficient (Wildman–Crippen LogP) is 3.20. The molecule has 2 aromatic rings. The lowest BCUT2D eigenvalue weighted by Gasteiger charge is -2.22. The molecule has 0 bridgehead atoms. The summed E-state index contributed by atoms with van der Waals surface area (Å²) in [6.07, 6.45) is 5.80. The van der Waals surface area contributed by atoms with Crippen molar-refractivity contribution in [2.75, 3.05) is 12.9 Å². The number of benzene rings is 1. The smallest absolute Gasteiger partial charge is 0.277 e. The lowest BCUT2D eigenvalue weighted by atomic mass is 9.95. The molecule has 1 aliphatic carbocycles. The number of rotatable bonds is 8. The molecule has 1 aromatic carbocycles. The summed E-state index contributed by atoms with van der Waals surface area (Å²) in [7, 11) is 1.60. The molecule has 1 aliphatic rings. The molecule has 1 fully saturated rings. The molecule has 1 amide bonds. The maximum absolute atomic E-state index is 12.0. The molecule has 140 valence electrons. The van der Waals surface area contributed by atoms with Gasteiger partial charge in [-0.1, -0.05) is 37.1 Å². The Hall–Kier alpha value is -2.22. The first-order valence-corrected chi connectivity index (χ1v) is 9.73. The quantitative estimate of drug-likeness (QED) is 0.707. The molecule has 1 aromatic heterocycles. The van der Waals surface area contributed by atoms with Crippen LogP contribution in [-0.2, 0) is 11.4 Å². The van der Waals surface area contributed by atoms with E-state index in [0.29, 0.717) is 28.7 Å². The molecule has 0 aliphatic heterocycles. The number of hydrogen-bond acceptors (Lipinski definition) is 7. The molecule has 0 radical (unpaired) electrons. The average Bonchev–Trinajstić information content (AvgIpc) is 3.14. The predicted molar refractivity (Wildman–Crippen MR) is 97.4 cm³/mol. The fourth-order valence-electron chi connectivity index (χ4n) is 2.83. The molecule has 1 saturated carbocycles. The van der Waals surface area contributed by atoms with Crippen LogP contribution in [0.25, 0.3) is 0 Å². The Labute approximate surface area is 156 Å². The highest BCUT2D eigenvalue weighted by molar-refractivity contribution is 7.99. The summed E-state index contributed by atoms with van der Waals surface area (Å²) in [5.41, 5.74) is 0. The van der Waals surface area contributed by atoms with Crippen LogP contribution in [0.5, 0.6) is 11.5 Å². The van der Waals surface area contributed by atoms with Crippen LogP contribution in [0, 0.1) is 0 Å². The van der Waals surface area contributed by atoms with E-state index >= 15 is 0 Å². The van der Waals surface area contributed by atoms with Crippen molar-refractivity contribution in [3.63, 3.8) is 0 Å². The summed E-state index contributed by atoms with van der Waals surface area (Å²) >= 11 is 1.24. The molecular formula is C18H23N3O4S. The molecule has 3 rings (SSSR count). The van der Waals surface area contributed by atoms with Gasteiger partial charge in [0.05, 0.1) is 12.9 Å². The number of thioether (sulfide) groups is 1. The van der Waals surface area contributed by atoms with Gasteiger partial charge < -0.3 is 19.2 Å². The number of ether oxygens (including phenoxy) is 2. The summed E-state index contributed by atoms with van der Waals surface area (Å²) in [6.45, 7) is 0.162. The Morgan fingerprint density at radius 2 is 2.08 bits per heavy atom. The van der Waals surface area contributed by atoms with Gasteiger partial charge in [0, 0.05) is 12.1 Å². The topological polar surface area (TPSA) is 86.5 Å². The number of nitrogens with one attached hydrogen (secondary N) is 1. The zero-order valence-corrected chi connectivity index (χ0v) is 15.6. The van der Waals surface area contributed by atoms with Crippen molar-refractivity contribution in [2.24, 2.45) is 0 Å². The Balaban J connectivity index is 1.41. The van der Waals surface area contributed by atoms with Crippen LogP contribution in [0.2, 0.25) is 0 Å². The number of methoxy groups -OCH3 is 1. The van der Waals surface area contributed by atoms with Crippen LogP contribution < -0.4 is 14.8 Å². The van der Waals surface area contributed by atoms with E-state index in [4.69, 9.17) is 13.9 Å². The number of hydrogen-bond donors (Lipinski definition) is 1. The first kappa shape index (κ1) is 18.6. The van der Waals surface area contributed by atoms with Gasteiger partial charge in [0.2, 0.25) is 5.91 Å². The summed E-state index contributed by atoms with van der Waals surface area (Å²) in [5.74, 6) is 2.02. The van der Waals surface area contributed by atoms with Crippen molar-refractivity contribution in [1.29, 1.82) is 0 Å². The first-order chi connectivity index (χ1) is 12.7. The standard InChI is InChI=1S/C18H23N3O4S/c1-23-14-8-5-9-15(10-14)24-11-17-20-21-18(25-17)26-12-16(22)19-13-6-3-2-4-7-13/h5,8-10,13H,2-4,6-7,11-12H2,1H3,(H,19,22). The third-order valence-corrected chi connectivity index (χ3v) is 4.97. The van der Waals surface area contributed by atoms with E-state index in [1.165, 1.54) is 31.0 Å². The Bertz CT molecular complexity index is 716. The third kappa shape index (κ3) is 5.66. The van der Waals surface area contributed by atoms with Gasteiger partial charge in [-0.25, -0.2) is 0 Å². The third-order valence-electron chi connectivity index (χ3n) is 4.15. The summed E-state index contributed by atoms with van der Waals surface area (Å²) in [4.78, 5) is 12.0. The van der Waals surface area contributed by atoms with Gasteiger partial charge in [-0.3, -0.25) is 4.79 Å². The van der Waals surface area contributed by atoms with E-state index in [-0.39, 0.29) is 18.3 Å². The van der Waals surface area contributed by atoms with Gasteiger partial charge in [0.1, 0.15) is 11.5 Å².